The number of hydrogen-bond donors (Lipinski definition) is 1. The molecule has 0 fully saturated rings. The highest BCUT2D eigenvalue weighted by molar-refractivity contribution is 7.92. The van der Waals surface area contributed by atoms with Crippen molar-refractivity contribution in [1.29, 1.82) is 0 Å². The van der Waals surface area contributed by atoms with Gasteiger partial charge in [0.15, 0.2) is 9.84 Å². The van der Waals surface area contributed by atoms with E-state index in [0.29, 0.717) is 5.56 Å². The average Bonchev–Trinajstić information content (AvgIpc) is 3.00. The molecule has 28 heavy (non-hydrogen) atoms. The molecule has 0 unspecified atom stereocenters. The van der Waals surface area contributed by atoms with Crippen molar-refractivity contribution in [2.24, 2.45) is 0 Å². The second-order valence-corrected chi connectivity index (χ2v) is 10.1. The van der Waals surface area contributed by atoms with E-state index in [9.17, 15) is 18.3 Å². The molecule has 0 saturated heterocycles. The number of esters is 1. The number of phenols is 1. The number of phenolic OH excluding ortho intramolecular Hbond substituents is 1. The fraction of sp³-hybridized carbons (Fsp3) is 0.105. The highest BCUT2D eigenvalue weighted by Gasteiger charge is 2.21. The Bertz CT molecular complexity index is 1090. The zero-order valence-electron chi connectivity index (χ0n) is 14.3. The molecule has 2 aromatic carbocycles. The van der Waals surface area contributed by atoms with E-state index in [1.807, 2.05) is 30.3 Å². The van der Waals surface area contributed by atoms with E-state index in [2.05, 4.69) is 0 Å². The van der Waals surface area contributed by atoms with Crippen LogP contribution in [0.4, 0.5) is 0 Å². The van der Waals surface area contributed by atoms with E-state index >= 15 is 0 Å². The second-order valence-electron chi connectivity index (χ2n) is 5.86. The van der Waals surface area contributed by atoms with Crippen LogP contribution < -0.4 is 0 Å². The van der Waals surface area contributed by atoms with E-state index in [1.165, 1.54) is 24.3 Å². The number of hydrogen-bond acceptors (Lipinski definition) is 6. The molecule has 3 rings (SSSR count). The normalized spacial score (nSPS) is 11.4. The number of halogens is 2. The molecule has 0 atom stereocenters. The Balaban J connectivity index is 1.72. The smallest absolute Gasteiger partial charge is 0.342 e. The molecule has 0 bridgehead atoms. The lowest BCUT2D eigenvalue weighted by molar-refractivity contribution is 0.0469. The summed E-state index contributed by atoms with van der Waals surface area (Å²) in [6.07, 6.45) is 0. The predicted octanol–water partition coefficient (Wildman–Crippen LogP) is 5.09. The third-order valence-electron chi connectivity index (χ3n) is 3.78. The topological polar surface area (TPSA) is 80.7 Å². The molecule has 0 aliphatic rings. The molecule has 5 nitrogen and oxygen atoms in total. The van der Waals surface area contributed by atoms with Gasteiger partial charge in [0, 0.05) is 0 Å². The minimum Gasteiger partial charge on any atom is -0.507 e. The number of rotatable bonds is 6. The summed E-state index contributed by atoms with van der Waals surface area (Å²) in [4.78, 5) is 12.2. The molecule has 0 aliphatic heterocycles. The molecular formula is C19H14Cl2O5S2. The van der Waals surface area contributed by atoms with Crippen LogP contribution >= 0.6 is 34.5 Å². The zero-order valence-corrected chi connectivity index (χ0v) is 17.4. The van der Waals surface area contributed by atoms with Crippen molar-refractivity contribution in [3.8, 4) is 5.75 Å². The van der Waals surface area contributed by atoms with Crippen LogP contribution in [-0.2, 0) is 26.9 Å². The lowest BCUT2D eigenvalue weighted by Gasteiger charge is -2.08. The Morgan fingerprint density at radius 2 is 1.75 bits per heavy atom. The van der Waals surface area contributed by atoms with Crippen LogP contribution in [0.3, 0.4) is 0 Å². The zero-order chi connectivity index (χ0) is 20.3. The van der Waals surface area contributed by atoms with Crippen LogP contribution in [0.25, 0.3) is 0 Å². The van der Waals surface area contributed by atoms with Crippen LogP contribution in [0, 0.1) is 0 Å². The van der Waals surface area contributed by atoms with Gasteiger partial charge in [0.25, 0.3) is 0 Å². The number of carbonyl (C=O) groups excluding carboxylic acids is 1. The number of aromatic hydroxyl groups is 1. The summed E-state index contributed by atoms with van der Waals surface area (Å²) < 4.78 is 30.4. The molecule has 9 heteroatoms. The highest BCUT2D eigenvalue weighted by atomic mass is 35.5. The summed E-state index contributed by atoms with van der Waals surface area (Å²) in [7, 11) is -3.69. The molecule has 146 valence electrons. The van der Waals surface area contributed by atoms with Crippen molar-refractivity contribution in [2.75, 3.05) is 0 Å². The number of thiophene rings is 1. The Hall–Kier alpha value is -2.06. The molecule has 0 amide bonds. The van der Waals surface area contributed by atoms with Crippen molar-refractivity contribution in [1.82, 2.24) is 0 Å². The Labute approximate surface area is 176 Å². The molecule has 0 saturated carbocycles. The van der Waals surface area contributed by atoms with Crippen LogP contribution in [-0.4, -0.2) is 19.5 Å². The van der Waals surface area contributed by atoms with Gasteiger partial charge in [0.2, 0.25) is 0 Å². The maximum atomic E-state index is 12.5. The molecule has 0 radical (unpaired) electrons. The summed E-state index contributed by atoms with van der Waals surface area (Å²) in [6, 6.07) is 14.4. The van der Waals surface area contributed by atoms with Gasteiger partial charge in [-0.05, 0) is 29.3 Å². The van der Waals surface area contributed by atoms with Crippen LogP contribution in [0.15, 0.2) is 58.8 Å². The van der Waals surface area contributed by atoms with Crippen molar-refractivity contribution in [3.63, 3.8) is 0 Å². The number of carbonyl (C=O) groups is 1. The number of sulfone groups is 1. The first kappa shape index (κ1) is 20.7. The van der Waals surface area contributed by atoms with Gasteiger partial charge in [-0.15, -0.1) is 11.3 Å². The molecule has 1 aromatic heterocycles. The average molecular weight is 457 g/mol. The Morgan fingerprint density at radius 3 is 2.36 bits per heavy atom. The highest BCUT2D eigenvalue weighted by Crippen LogP contribution is 2.36. The van der Waals surface area contributed by atoms with Crippen molar-refractivity contribution in [2.45, 2.75) is 16.6 Å². The van der Waals surface area contributed by atoms with E-state index in [-0.39, 0.29) is 37.2 Å². The SMILES string of the molecule is O=C(OCc1ccccc1)c1ccc(CS(=O)(=O)c2cc(Cl)c(Cl)s2)cc1O. The third-order valence-corrected chi connectivity index (χ3v) is 7.90. The Morgan fingerprint density at radius 1 is 1.04 bits per heavy atom. The number of benzene rings is 2. The standard InChI is InChI=1S/C19H14Cl2O5S2/c20-15-9-17(27-18(15)21)28(24,25)11-13-6-7-14(16(22)8-13)19(23)26-10-12-4-2-1-3-5-12/h1-9,22H,10-11H2. The number of ether oxygens (including phenoxy) is 1. The maximum absolute atomic E-state index is 12.5. The second kappa shape index (κ2) is 8.53. The summed E-state index contributed by atoms with van der Waals surface area (Å²) in [5.74, 6) is -1.42. The van der Waals surface area contributed by atoms with Gasteiger partial charge in [0.05, 0.1) is 10.8 Å². The van der Waals surface area contributed by atoms with Gasteiger partial charge < -0.3 is 9.84 Å². The molecule has 1 heterocycles. The van der Waals surface area contributed by atoms with Crippen LogP contribution in [0.2, 0.25) is 9.36 Å². The molecule has 1 N–H and O–H groups in total. The first-order chi connectivity index (χ1) is 13.3. The minimum atomic E-state index is -3.69. The fourth-order valence-electron chi connectivity index (χ4n) is 2.41. The van der Waals surface area contributed by atoms with Gasteiger partial charge in [-0.2, -0.15) is 0 Å². The van der Waals surface area contributed by atoms with E-state index in [0.717, 1.165) is 16.9 Å². The quantitative estimate of drug-likeness (QED) is 0.522. The van der Waals surface area contributed by atoms with Crippen molar-refractivity contribution >= 4 is 50.3 Å². The van der Waals surface area contributed by atoms with Gasteiger partial charge in [0.1, 0.15) is 26.5 Å². The van der Waals surface area contributed by atoms with Crippen LogP contribution in [0.5, 0.6) is 5.75 Å². The van der Waals surface area contributed by atoms with Crippen LogP contribution in [0.1, 0.15) is 21.5 Å². The van der Waals surface area contributed by atoms with Crippen molar-refractivity contribution in [3.05, 3.63) is 80.6 Å². The summed E-state index contributed by atoms with van der Waals surface area (Å²) in [6.45, 7) is 0.0646. The predicted molar refractivity (Wildman–Crippen MR) is 109 cm³/mol. The minimum absolute atomic E-state index is 0.0355. The van der Waals surface area contributed by atoms with E-state index in [4.69, 9.17) is 27.9 Å². The summed E-state index contributed by atoms with van der Waals surface area (Å²) in [5.41, 5.74) is 1.09. The lowest BCUT2D eigenvalue weighted by Crippen LogP contribution is -2.07. The Kier molecular flexibility index (Phi) is 6.30. The van der Waals surface area contributed by atoms with Gasteiger partial charge in [-0.1, -0.05) is 59.6 Å². The monoisotopic (exact) mass is 456 g/mol. The molecule has 0 aliphatic carbocycles. The largest absolute Gasteiger partial charge is 0.507 e. The lowest BCUT2D eigenvalue weighted by atomic mass is 10.1. The molecule has 0 spiro atoms. The molecule has 3 aromatic rings. The summed E-state index contributed by atoms with van der Waals surface area (Å²) >= 11 is 12.5. The fourth-order valence-corrected chi connectivity index (χ4v) is 5.71. The maximum Gasteiger partial charge on any atom is 0.342 e. The van der Waals surface area contributed by atoms with Gasteiger partial charge in [-0.25, -0.2) is 13.2 Å². The first-order valence-corrected chi connectivity index (χ1v) is 11.2. The molecular weight excluding hydrogens is 443 g/mol. The van der Waals surface area contributed by atoms with Gasteiger partial charge in [-0.3, -0.25) is 0 Å². The van der Waals surface area contributed by atoms with Crippen molar-refractivity contribution < 1.29 is 23.1 Å². The van der Waals surface area contributed by atoms with Gasteiger partial charge >= 0.3 is 5.97 Å². The third kappa shape index (κ3) is 4.86. The van der Waals surface area contributed by atoms with E-state index < -0.39 is 15.8 Å². The van der Waals surface area contributed by atoms with E-state index in [1.54, 1.807) is 0 Å². The summed E-state index contributed by atoms with van der Waals surface area (Å²) in [5, 5.41) is 10.3. The first-order valence-electron chi connectivity index (χ1n) is 7.97.